The number of benzene rings is 1. The predicted molar refractivity (Wildman–Crippen MR) is 108 cm³/mol. The van der Waals surface area contributed by atoms with E-state index in [1.165, 1.54) is 50.8 Å². The lowest BCUT2D eigenvalue weighted by atomic mass is 10.1. The maximum Gasteiger partial charge on any atom is 0.184 e. The van der Waals surface area contributed by atoms with E-state index < -0.39 is 0 Å². The van der Waals surface area contributed by atoms with Crippen molar-refractivity contribution in [2.45, 2.75) is 45.1 Å². The first-order valence-electron chi connectivity index (χ1n) is 9.57. The first-order valence-corrected chi connectivity index (χ1v) is 10.3. The molecule has 1 aromatic heterocycles. The summed E-state index contributed by atoms with van der Waals surface area (Å²) in [6, 6.07) is 8.50. The topological polar surface area (TPSA) is 76.3 Å². The Hall–Kier alpha value is -1.86. The van der Waals surface area contributed by atoms with Gasteiger partial charge in [0.15, 0.2) is 11.6 Å². The predicted octanol–water partition coefficient (Wildman–Crippen LogP) is 3.77. The maximum atomic E-state index is 5.91. The number of rotatable bonds is 8. The Kier molecular flexibility index (Phi) is 7.51. The van der Waals surface area contributed by atoms with Crippen LogP contribution in [0, 0.1) is 0 Å². The molecule has 1 saturated heterocycles. The Morgan fingerprint density at radius 3 is 2.69 bits per heavy atom. The molecular weight excluding hydrogens is 346 g/mol. The number of aromatic nitrogens is 2. The van der Waals surface area contributed by atoms with E-state index in [4.69, 9.17) is 10.5 Å². The zero-order valence-electron chi connectivity index (χ0n) is 15.3. The highest BCUT2D eigenvalue weighted by atomic mass is 32.1. The van der Waals surface area contributed by atoms with Crippen molar-refractivity contribution in [3.63, 3.8) is 0 Å². The van der Waals surface area contributed by atoms with Gasteiger partial charge in [0, 0.05) is 13.1 Å². The zero-order chi connectivity index (χ0) is 18.0. The summed E-state index contributed by atoms with van der Waals surface area (Å²) in [6.45, 7) is 4.88. The lowest BCUT2D eigenvalue weighted by Crippen LogP contribution is -2.26. The molecule has 0 aliphatic carbocycles. The summed E-state index contributed by atoms with van der Waals surface area (Å²) in [5.74, 6) is 2.09. The number of hydrogen-bond acceptors (Lipinski definition) is 7. The molecule has 2 aromatic rings. The molecule has 0 bridgehead atoms. The fourth-order valence-electron chi connectivity index (χ4n) is 3.25. The highest BCUT2D eigenvalue weighted by Crippen LogP contribution is 2.18. The van der Waals surface area contributed by atoms with Gasteiger partial charge in [0.1, 0.15) is 5.75 Å². The third-order valence-corrected chi connectivity index (χ3v) is 5.19. The van der Waals surface area contributed by atoms with Gasteiger partial charge in [-0.2, -0.15) is 8.75 Å². The molecule has 0 unspecified atom stereocenters. The number of hydrogen-bond donors (Lipinski definition) is 2. The summed E-state index contributed by atoms with van der Waals surface area (Å²) in [4.78, 5) is 2.58. The number of likely N-dealkylation sites (tertiary alicyclic amines) is 1. The minimum Gasteiger partial charge on any atom is -0.494 e. The van der Waals surface area contributed by atoms with Crippen LogP contribution in [0.15, 0.2) is 24.3 Å². The van der Waals surface area contributed by atoms with Crippen molar-refractivity contribution >= 4 is 23.4 Å². The van der Waals surface area contributed by atoms with Crippen LogP contribution in [0.3, 0.4) is 0 Å². The summed E-state index contributed by atoms with van der Waals surface area (Å²) in [5, 5.41) is 3.18. The van der Waals surface area contributed by atoms with Crippen molar-refractivity contribution in [2.75, 3.05) is 37.3 Å². The van der Waals surface area contributed by atoms with Crippen molar-refractivity contribution in [1.82, 2.24) is 13.6 Å². The second kappa shape index (κ2) is 10.3. The Labute approximate surface area is 160 Å². The van der Waals surface area contributed by atoms with E-state index in [2.05, 4.69) is 37.2 Å². The Morgan fingerprint density at radius 2 is 1.92 bits per heavy atom. The van der Waals surface area contributed by atoms with E-state index in [9.17, 15) is 0 Å². The summed E-state index contributed by atoms with van der Waals surface area (Å²) in [7, 11) is 0. The van der Waals surface area contributed by atoms with Crippen LogP contribution in [0.25, 0.3) is 0 Å². The average molecular weight is 376 g/mol. The van der Waals surface area contributed by atoms with Crippen molar-refractivity contribution < 1.29 is 4.74 Å². The van der Waals surface area contributed by atoms with Crippen molar-refractivity contribution in [3.8, 4) is 5.75 Å². The van der Waals surface area contributed by atoms with Gasteiger partial charge in [0.05, 0.1) is 18.3 Å². The first-order chi connectivity index (χ1) is 12.8. The lowest BCUT2D eigenvalue weighted by Gasteiger charge is -2.24. The van der Waals surface area contributed by atoms with Crippen molar-refractivity contribution in [1.29, 1.82) is 0 Å². The molecule has 7 heteroatoms. The Morgan fingerprint density at radius 1 is 1.12 bits per heavy atom. The number of nitrogens with zero attached hydrogens (tertiary/aromatic N) is 3. The molecule has 3 rings (SSSR count). The molecule has 26 heavy (non-hydrogen) atoms. The van der Waals surface area contributed by atoms with Gasteiger partial charge in [-0.15, -0.1) is 0 Å². The SMILES string of the molecule is Nc1nsnc1NCCCOc1cccc(CN2CCCCCCC2)c1. The van der Waals surface area contributed by atoms with Crippen LogP contribution in [0.2, 0.25) is 0 Å². The molecule has 2 heterocycles. The van der Waals surface area contributed by atoms with Crippen LogP contribution in [-0.2, 0) is 6.54 Å². The van der Waals surface area contributed by atoms with E-state index in [1.54, 1.807) is 0 Å². The molecule has 0 atom stereocenters. The van der Waals surface area contributed by atoms with Crippen molar-refractivity contribution in [2.24, 2.45) is 0 Å². The molecule has 3 N–H and O–H groups in total. The Balaban J connectivity index is 1.39. The fraction of sp³-hybridized carbons (Fsp3) is 0.579. The lowest BCUT2D eigenvalue weighted by molar-refractivity contribution is 0.239. The summed E-state index contributed by atoms with van der Waals surface area (Å²) in [6.07, 6.45) is 7.67. The van der Waals surface area contributed by atoms with E-state index in [0.717, 1.165) is 37.0 Å². The molecule has 0 spiro atoms. The molecule has 0 radical (unpaired) electrons. The third kappa shape index (κ3) is 6.14. The summed E-state index contributed by atoms with van der Waals surface area (Å²) >= 11 is 1.12. The standard InChI is InChI=1S/C19H29N5OS/c20-18-19(23-26-22-18)21-10-7-13-25-17-9-6-8-16(14-17)15-24-11-4-2-1-3-5-12-24/h6,8-9,14H,1-5,7,10-13,15H2,(H2,20,22)(H,21,23). The fourth-order valence-corrected chi connectivity index (χ4v) is 3.70. The van der Waals surface area contributed by atoms with Crippen LogP contribution in [-0.4, -0.2) is 39.9 Å². The molecule has 1 aliphatic heterocycles. The third-order valence-electron chi connectivity index (χ3n) is 4.65. The molecule has 6 nitrogen and oxygen atoms in total. The van der Waals surface area contributed by atoms with Gasteiger partial charge in [0.25, 0.3) is 0 Å². The number of nitrogens with one attached hydrogen (secondary N) is 1. The quantitative estimate of drug-likeness (QED) is 0.684. The Bertz CT molecular complexity index is 655. The van der Waals surface area contributed by atoms with Gasteiger partial charge in [-0.25, -0.2) is 0 Å². The number of nitrogens with two attached hydrogens (primary N) is 1. The monoisotopic (exact) mass is 375 g/mol. The molecule has 1 fully saturated rings. The molecule has 1 aliphatic rings. The number of ether oxygens (including phenoxy) is 1. The second-order valence-corrected chi connectivity index (χ2v) is 7.35. The summed E-state index contributed by atoms with van der Waals surface area (Å²) < 4.78 is 13.9. The van der Waals surface area contributed by atoms with Gasteiger partial charge in [-0.3, -0.25) is 4.90 Å². The normalized spacial score (nSPS) is 16.0. The largest absolute Gasteiger partial charge is 0.494 e. The molecular formula is C19H29N5OS. The number of anilines is 2. The minimum atomic E-state index is 0.466. The minimum absolute atomic E-state index is 0.466. The second-order valence-electron chi connectivity index (χ2n) is 6.82. The van der Waals surface area contributed by atoms with Gasteiger partial charge in [-0.05, 0) is 50.0 Å². The van der Waals surface area contributed by atoms with Crippen LogP contribution in [0.4, 0.5) is 11.6 Å². The molecule has 0 saturated carbocycles. The molecule has 0 amide bonds. The van der Waals surface area contributed by atoms with Gasteiger partial charge in [-0.1, -0.05) is 31.4 Å². The first kappa shape index (κ1) is 18.9. The van der Waals surface area contributed by atoms with E-state index in [0.29, 0.717) is 18.2 Å². The zero-order valence-corrected chi connectivity index (χ0v) is 16.1. The highest BCUT2D eigenvalue weighted by Gasteiger charge is 2.09. The molecule has 142 valence electrons. The van der Waals surface area contributed by atoms with Crippen LogP contribution >= 0.6 is 11.7 Å². The van der Waals surface area contributed by atoms with Gasteiger partial charge in [0.2, 0.25) is 0 Å². The van der Waals surface area contributed by atoms with Gasteiger partial charge >= 0.3 is 0 Å². The van der Waals surface area contributed by atoms with Gasteiger partial charge < -0.3 is 15.8 Å². The molecule has 1 aromatic carbocycles. The van der Waals surface area contributed by atoms with Crippen LogP contribution in [0.5, 0.6) is 5.75 Å². The smallest absolute Gasteiger partial charge is 0.184 e. The maximum absolute atomic E-state index is 5.91. The number of nitrogen functional groups attached to an aromatic ring is 1. The average Bonchev–Trinajstić information content (AvgIpc) is 3.02. The van der Waals surface area contributed by atoms with E-state index >= 15 is 0 Å². The van der Waals surface area contributed by atoms with Crippen LogP contribution in [0.1, 0.15) is 44.1 Å². The summed E-state index contributed by atoms with van der Waals surface area (Å²) in [5.41, 5.74) is 7.03. The van der Waals surface area contributed by atoms with Crippen LogP contribution < -0.4 is 15.8 Å². The van der Waals surface area contributed by atoms with Crippen molar-refractivity contribution in [3.05, 3.63) is 29.8 Å². The van der Waals surface area contributed by atoms with E-state index in [1.807, 2.05) is 6.07 Å². The highest BCUT2D eigenvalue weighted by molar-refractivity contribution is 6.99. The van der Waals surface area contributed by atoms with E-state index in [-0.39, 0.29) is 0 Å².